The Balaban J connectivity index is 1.72. The lowest BCUT2D eigenvalue weighted by atomic mass is 10.1. The summed E-state index contributed by atoms with van der Waals surface area (Å²) in [4.78, 5) is 30.6. The Hall–Kier alpha value is -1.73. The Morgan fingerprint density at radius 2 is 2.32 bits per heavy atom. The lowest BCUT2D eigenvalue weighted by molar-refractivity contribution is -0.129. The molecule has 2 amide bonds. The number of carbonyl (C=O) groups excluding carboxylic acids is 2. The molecule has 1 atom stereocenters. The summed E-state index contributed by atoms with van der Waals surface area (Å²) in [6.07, 6.45) is 0.515. The molecule has 0 aliphatic carbocycles. The van der Waals surface area contributed by atoms with Crippen LogP contribution >= 0.6 is 27.3 Å². The third-order valence-electron chi connectivity index (χ3n) is 3.49. The molecule has 0 spiro atoms. The maximum absolute atomic E-state index is 12.5. The number of hydrogen-bond donors (Lipinski definition) is 1. The maximum Gasteiger partial charge on any atom is 0.239 e. The van der Waals surface area contributed by atoms with E-state index in [0.717, 1.165) is 15.9 Å². The molecule has 1 fully saturated rings. The lowest BCUT2D eigenvalue weighted by Crippen LogP contribution is -2.33. The van der Waals surface area contributed by atoms with E-state index >= 15 is 0 Å². The second kappa shape index (κ2) is 6.18. The molecule has 1 N–H and O–H groups in total. The van der Waals surface area contributed by atoms with Crippen molar-refractivity contribution in [3.05, 3.63) is 39.8 Å². The van der Waals surface area contributed by atoms with Gasteiger partial charge in [-0.2, -0.15) is 0 Å². The molecule has 3 rings (SSSR count). The van der Waals surface area contributed by atoms with E-state index in [2.05, 4.69) is 26.2 Å². The molecule has 1 unspecified atom stereocenters. The second-order valence-corrected chi connectivity index (χ2v) is 6.87. The van der Waals surface area contributed by atoms with Gasteiger partial charge in [-0.3, -0.25) is 9.59 Å². The van der Waals surface area contributed by atoms with Gasteiger partial charge in [-0.25, -0.2) is 4.98 Å². The van der Waals surface area contributed by atoms with Gasteiger partial charge in [0.15, 0.2) is 5.13 Å². The Morgan fingerprint density at radius 1 is 1.50 bits per heavy atom. The standard InChI is InChI=1S/C15H14BrN3O2S/c1-9-8-22-15(17-9)18-13(20)12-5-6-19(14(12)21)11-4-2-3-10(16)7-11/h2-4,7-8,12H,5-6H2,1H3,(H,17,18,20). The number of nitrogens with one attached hydrogen (secondary N) is 1. The van der Waals surface area contributed by atoms with Crippen LogP contribution in [-0.4, -0.2) is 23.3 Å². The summed E-state index contributed by atoms with van der Waals surface area (Å²) in [7, 11) is 0. The number of amides is 2. The number of aryl methyl sites for hydroxylation is 1. The molecule has 5 nitrogen and oxygen atoms in total. The minimum Gasteiger partial charge on any atom is -0.312 e. The van der Waals surface area contributed by atoms with E-state index in [-0.39, 0.29) is 11.8 Å². The number of hydrogen-bond acceptors (Lipinski definition) is 4. The highest BCUT2D eigenvalue weighted by Crippen LogP contribution is 2.28. The number of nitrogens with zero attached hydrogens (tertiary/aromatic N) is 2. The zero-order valence-electron chi connectivity index (χ0n) is 11.9. The first kappa shape index (κ1) is 15.2. The van der Waals surface area contributed by atoms with Crippen molar-refractivity contribution < 1.29 is 9.59 Å². The first-order chi connectivity index (χ1) is 10.5. The monoisotopic (exact) mass is 379 g/mol. The molecule has 2 heterocycles. The third kappa shape index (κ3) is 3.05. The first-order valence-corrected chi connectivity index (χ1v) is 8.52. The number of carbonyl (C=O) groups is 2. The molecule has 0 saturated carbocycles. The smallest absolute Gasteiger partial charge is 0.239 e. The predicted molar refractivity (Wildman–Crippen MR) is 90.1 cm³/mol. The maximum atomic E-state index is 12.5. The average molecular weight is 380 g/mol. The molecular weight excluding hydrogens is 366 g/mol. The van der Waals surface area contributed by atoms with Crippen molar-refractivity contribution in [1.29, 1.82) is 0 Å². The van der Waals surface area contributed by atoms with E-state index in [1.807, 2.05) is 36.6 Å². The van der Waals surface area contributed by atoms with Crippen LogP contribution in [0.3, 0.4) is 0 Å². The van der Waals surface area contributed by atoms with Crippen LogP contribution in [0.1, 0.15) is 12.1 Å². The van der Waals surface area contributed by atoms with Crippen molar-refractivity contribution in [2.24, 2.45) is 5.92 Å². The summed E-state index contributed by atoms with van der Waals surface area (Å²) in [6, 6.07) is 7.52. The van der Waals surface area contributed by atoms with E-state index in [9.17, 15) is 9.59 Å². The van der Waals surface area contributed by atoms with Gasteiger partial charge in [0.25, 0.3) is 0 Å². The molecular formula is C15H14BrN3O2S. The largest absolute Gasteiger partial charge is 0.312 e. The highest BCUT2D eigenvalue weighted by molar-refractivity contribution is 9.10. The van der Waals surface area contributed by atoms with Crippen molar-refractivity contribution in [3.8, 4) is 0 Å². The van der Waals surface area contributed by atoms with Crippen LogP contribution in [0.5, 0.6) is 0 Å². The Labute approximate surface area is 140 Å². The Morgan fingerprint density at radius 3 is 3.00 bits per heavy atom. The lowest BCUT2D eigenvalue weighted by Gasteiger charge is -2.16. The molecule has 1 aromatic carbocycles. The number of rotatable bonds is 3. The highest BCUT2D eigenvalue weighted by atomic mass is 79.9. The van der Waals surface area contributed by atoms with Crippen LogP contribution in [-0.2, 0) is 9.59 Å². The topological polar surface area (TPSA) is 62.3 Å². The summed E-state index contributed by atoms with van der Waals surface area (Å²) in [5.41, 5.74) is 1.66. The van der Waals surface area contributed by atoms with Crippen LogP contribution in [0.2, 0.25) is 0 Å². The van der Waals surface area contributed by atoms with Gasteiger partial charge in [-0.15, -0.1) is 11.3 Å². The van der Waals surface area contributed by atoms with Crippen LogP contribution in [0.15, 0.2) is 34.1 Å². The molecule has 114 valence electrons. The van der Waals surface area contributed by atoms with E-state index in [0.29, 0.717) is 18.1 Å². The molecule has 1 aliphatic rings. The number of aromatic nitrogens is 1. The molecule has 1 aromatic heterocycles. The molecule has 0 radical (unpaired) electrons. The number of halogens is 1. The van der Waals surface area contributed by atoms with Crippen LogP contribution in [0.25, 0.3) is 0 Å². The fourth-order valence-corrected chi connectivity index (χ4v) is 3.51. The van der Waals surface area contributed by atoms with Crippen molar-refractivity contribution in [3.63, 3.8) is 0 Å². The minimum absolute atomic E-state index is 0.163. The number of thiazole rings is 1. The van der Waals surface area contributed by atoms with Crippen molar-refractivity contribution in [1.82, 2.24) is 4.98 Å². The first-order valence-electron chi connectivity index (χ1n) is 6.84. The predicted octanol–water partition coefficient (Wildman–Crippen LogP) is 3.21. The Bertz CT molecular complexity index is 731. The Kier molecular flexibility index (Phi) is 4.26. The van der Waals surface area contributed by atoms with Gasteiger partial charge in [0.1, 0.15) is 5.92 Å². The molecule has 1 saturated heterocycles. The molecule has 1 aliphatic heterocycles. The second-order valence-electron chi connectivity index (χ2n) is 5.09. The van der Waals surface area contributed by atoms with E-state index in [1.54, 1.807) is 4.90 Å². The van der Waals surface area contributed by atoms with Gasteiger partial charge in [-0.05, 0) is 31.5 Å². The zero-order valence-corrected chi connectivity index (χ0v) is 14.3. The minimum atomic E-state index is -0.650. The average Bonchev–Trinajstić information content (AvgIpc) is 3.05. The van der Waals surface area contributed by atoms with E-state index in [1.165, 1.54) is 11.3 Å². The van der Waals surface area contributed by atoms with E-state index in [4.69, 9.17) is 0 Å². The summed E-state index contributed by atoms with van der Waals surface area (Å²) in [5, 5.41) is 5.13. The van der Waals surface area contributed by atoms with Crippen LogP contribution in [0.4, 0.5) is 10.8 Å². The van der Waals surface area contributed by atoms with Gasteiger partial charge in [0.05, 0.1) is 5.69 Å². The summed E-state index contributed by atoms with van der Waals surface area (Å²) < 4.78 is 0.906. The van der Waals surface area contributed by atoms with Crippen LogP contribution in [0, 0.1) is 12.8 Å². The fraction of sp³-hybridized carbons (Fsp3) is 0.267. The SMILES string of the molecule is Cc1csc(NC(=O)C2CCN(c3cccc(Br)c3)C2=O)n1. The van der Waals surface area contributed by atoms with Crippen molar-refractivity contribution in [2.75, 3.05) is 16.8 Å². The van der Waals surface area contributed by atoms with Gasteiger partial charge in [0.2, 0.25) is 11.8 Å². The van der Waals surface area contributed by atoms with Crippen molar-refractivity contribution >= 4 is 49.9 Å². The highest BCUT2D eigenvalue weighted by Gasteiger charge is 2.37. The van der Waals surface area contributed by atoms with Gasteiger partial charge < -0.3 is 10.2 Å². The van der Waals surface area contributed by atoms with E-state index < -0.39 is 5.92 Å². The fourth-order valence-electron chi connectivity index (χ4n) is 2.43. The van der Waals surface area contributed by atoms with Gasteiger partial charge in [-0.1, -0.05) is 22.0 Å². The summed E-state index contributed by atoms with van der Waals surface area (Å²) in [5.74, 6) is -1.09. The summed E-state index contributed by atoms with van der Waals surface area (Å²) in [6.45, 7) is 2.41. The third-order valence-corrected chi connectivity index (χ3v) is 4.86. The van der Waals surface area contributed by atoms with Crippen molar-refractivity contribution in [2.45, 2.75) is 13.3 Å². The zero-order chi connectivity index (χ0) is 15.7. The molecule has 7 heteroatoms. The molecule has 22 heavy (non-hydrogen) atoms. The molecule has 0 bridgehead atoms. The number of anilines is 2. The van der Waals surface area contributed by atoms with Crippen LogP contribution < -0.4 is 10.2 Å². The quantitative estimate of drug-likeness (QED) is 0.832. The molecule has 2 aromatic rings. The summed E-state index contributed by atoms with van der Waals surface area (Å²) >= 11 is 4.76. The van der Waals surface area contributed by atoms with Gasteiger partial charge >= 0.3 is 0 Å². The normalized spacial score (nSPS) is 17.8. The number of benzene rings is 1. The van der Waals surface area contributed by atoms with Gasteiger partial charge in [0, 0.05) is 22.1 Å².